The van der Waals surface area contributed by atoms with Crippen LogP contribution in [-0.4, -0.2) is 30.3 Å². The van der Waals surface area contributed by atoms with Crippen LogP contribution in [0.15, 0.2) is 30.7 Å². The first-order chi connectivity index (χ1) is 10.3. The molecule has 3 rings (SSSR count). The van der Waals surface area contributed by atoms with Crippen LogP contribution in [0.3, 0.4) is 0 Å². The molecule has 1 aromatic carbocycles. The number of nitrogens with one attached hydrogen (secondary N) is 1. The Morgan fingerprint density at radius 2 is 2.24 bits per heavy atom. The van der Waals surface area contributed by atoms with Crippen molar-refractivity contribution >= 4 is 0 Å². The van der Waals surface area contributed by atoms with Crippen LogP contribution in [-0.2, 0) is 6.54 Å². The zero-order chi connectivity index (χ0) is 14.7. The number of ether oxygens (including phenoxy) is 2. The van der Waals surface area contributed by atoms with E-state index in [4.69, 9.17) is 9.47 Å². The minimum absolute atomic E-state index is 0.414. The molecule has 1 atom stereocenters. The molecule has 1 aliphatic rings. The van der Waals surface area contributed by atoms with E-state index in [-0.39, 0.29) is 0 Å². The Morgan fingerprint density at radius 3 is 2.95 bits per heavy atom. The molecule has 1 aliphatic heterocycles. The van der Waals surface area contributed by atoms with E-state index in [2.05, 4.69) is 14.9 Å². The normalized spacial score (nSPS) is 17.9. The molecule has 0 spiro atoms. The molecule has 1 saturated heterocycles. The van der Waals surface area contributed by atoms with Gasteiger partial charge in [0.05, 0.1) is 32.8 Å². The highest BCUT2D eigenvalue weighted by Crippen LogP contribution is 2.27. The topological polar surface area (TPSA) is 48.3 Å². The summed E-state index contributed by atoms with van der Waals surface area (Å²) in [6.45, 7) is 1.84. The third kappa shape index (κ3) is 2.88. The first-order valence-corrected chi connectivity index (χ1v) is 7.26. The van der Waals surface area contributed by atoms with Crippen LogP contribution < -0.4 is 14.8 Å². The summed E-state index contributed by atoms with van der Waals surface area (Å²) in [5.41, 5.74) is 2.36. The summed E-state index contributed by atoms with van der Waals surface area (Å²) in [6, 6.07) is 6.34. The molecule has 5 heteroatoms. The second-order valence-corrected chi connectivity index (χ2v) is 5.27. The lowest BCUT2D eigenvalue weighted by Gasteiger charge is -2.16. The monoisotopic (exact) mass is 287 g/mol. The van der Waals surface area contributed by atoms with E-state index in [1.54, 1.807) is 14.2 Å². The number of hydrogen-bond donors (Lipinski definition) is 1. The predicted octanol–water partition coefficient (Wildman–Crippen LogP) is 2.37. The summed E-state index contributed by atoms with van der Waals surface area (Å²) >= 11 is 0. The zero-order valence-electron chi connectivity index (χ0n) is 12.5. The van der Waals surface area contributed by atoms with Crippen molar-refractivity contribution in [2.75, 3.05) is 20.8 Å². The third-order valence-electron chi connectivity index (χ3n) is 4.00. The highest BCUT2D eigenvalue weighted by molar-refractivity contribution is 5.41. The van der Waals surface area contributed by atoms with Crippen LogP contribution in [0.4, 0.5) is 0 Å². The van der Waals surface area contributed by atoms with E-state index in [0.717, 1.165) is 30.2 Å². The Morgan fingerprint density at radius 1 is 1.33 bits per heavy atom. The standard InChI is InChI=1S/C16H21N3O2/c1-20-13-6-5-12(16(8-13)21-2)10-19-11-17-9-15(19)14-4-3-7-18-14/h5-6,8-9,11,14,18H,3-4,7,10H2,1-2H3/t14-/m0/s1. The van der Waals surface area contributed by atoms with Gasteiger partial charge in [0.15, 0.2) is 0 Å². The van der Waals surface area contributed by atoms with Crippen molar-refractivity contribution in [3.8, 4) is 11.5 Å². The number of hydrogen-bond acceptors (Lipinski definition) is 4. The molecule has 5 nitrogen and oxygen atoms in total. The summed E-state index contributed by atoms with van der Waals surface area (Å²) in [5.74, 6) is 1.65. The van der Waals surface area contributed by atoms with Gasteiger partial charge in [0.1, 0.15) is 11.5 Å². The van der Waals surface area contributed by atoms with Crippen LogP contribution in [0, 0.1) is 0 Å². The molecule has 2 heterocycles. The number of nitrogens with zero attached hydrogens (tertiary/aromatic N) is 2. The fourth-order valence-electron chi connectivity index (χ4n) is 2.86. The highest BCUT2D eigenvalue weighted by atomic mass is 16.5. The number of rotatable bonds is 5. The summed E-state index contributed by atoms with van der Waals surface area (Å²) in [4.78, 5) is 4.31. The zero-order valence-corrected chi connectivity index (χ0v) is 12.5. The summed E-state index contributed by atoms with van der Waals surface area (Å²) in [6.07, 6.45) is 6.24. The quantitative estimate of drug-likeness (QED) is 0.917. The minimum atomic E-state index is 0.414. The molecule has 0 amide bonds. The third-order valence-corrected chi connectivity index (χ3v) is 4.00. The van der Waals surface area contributed by atoms with E-state index in [9.17, 15) is 0 Å². The molecule has 0 aliphatic carbocycles. The fraction of sp³-hybridized carbons (Fsp3) is 0.438. The molecule has 0 bridgehead atoms. The predicted molar refractivity (Wildman–Crippen MR) is 80.9 cm³/mol. The van der Waals surface area contributed by atoms with Crippen molar-refractivity contribution in [2.45, 2.75) is 25.4 Å². The maximum atomic E-state index is 5.47. The highest BCUT2D eigenvalue weighted by Gasteiger charge is 2.20. The first kappa shape index (κ1) is 13.9. The van der Waals surface area contributed by atoms with Gasteiger partial charge in [-0.25, -0.2) is 4.98 Å². The van der Waals surface area contributed by atoms with Gasteiger partial charge >= 0.3 is 0 Å². The smallest absolute Gasteiger partial charge is 0.127 e. The molecule has 21 heavy (non-hydrogen) atoms. The van der Waals surface area contributed by atoms with Gasteiger partial charge in [0.2, 0.25) is 0 Å². The van der Waals surface area contributed by atoms with E-state index in [0.29, 0.717) is 6.04 Å². The van der Waals surface area contributed by atoms with Gasteiger partial charge in [-0.15, -0.1) is 0 Å². The Balaban J connectivity index is 1.85. The van der Waals surface area contributed by atoms with E-state index >= 15 is 0 Å². The maximum absolute atomic E-state index is 5.47. The Kier molecular flexibility index (Phi) is 4.10. The molecule has 1 aromatic heterocycles. The Hall–Kier alpha value is -2.01. The minimum Gasteiger partial charge on any atom is -0.497 e. The van der Waals surface area contributed by atoms with Gasteiger partial charge in [-0.3, -0.25) is 0 Å². The van der Waals surface area contributed by atoms with Crippen LogP contribution >= 0.6 is 0 Å². The molecule has 1 fully saturated rings. The first-order valence-electron chi connectivity index (χ1n) is 7.26. The average molecular weight is 287 g/mol. The van der Waals surface area contributed by atoms with E-state index in [1.165, 1.54) is 18.5 Å². The molecule has 0 saturated carbocycles. The van der Waals surface area contributed by atoms with Gasteiger partial charge in [-0.1, -0.05) is 0 Å². The van der Waals surface area contributed by atoms with E-state index in [1.807, 2.05) is 30.7 Å². The van der Waals surface area contributed by atoms with Crippen LogP contribution in [0.5, 0.6) is 11.5 Å². The van der Waals surface area contributed by atoms with Gasteiger partial charge in [-0.05, 0) is 31.5 Å². The van der Waals surface area contributed by atoms with Crippen molar-refractivity contribution < 1.29 is 9.47 Å². The SMILES string of the molecule is COc1ccc(Cn2cncc2[C@@H]2CCCN2)c(OC)c1. The van der Waals surface area contributed by atoms with E-state index < -0.39 is 0 Å². The Labute approximate surface area is 124 Å². The number of methoxy groups -OCH3 is 2. The van der Waals surface area contributed by atoms with Crippen LogP contribution in [0.25, 0.3) is 0 Å². The molecule has 0 radical (unpaired) electrons. The molecular formula is C16H21N3O2. The molecule has 1 N–H and O–H groups in total. The lowest BCUT2D eigenvalue weighted by molar-refractivity contribution is 0.390. The van der Waals surface area contributed by atoms with Crippen molar-refractivity contribution in [3.63, 3.8) is 0 Å². The summed E-state index contributed by atoms with van der Waals surface area (Å²) in [5, 5.41) is 3.52. The lowest BCUT2D eigenvalue weighted by Crippen LogP contribution is -2.17. The second-order valence-electron chi connectivity index (χ2n) is 5.27. The Bertz CT molecular complexity index is 603. The molecule has 112 valence electrons. The van der Waals surface area contributed by atoms with Crippen molar-refractivity contribution in [1.82, 2.24) is 14.9 Å². The van der Waals surface area contributed by atoms with Gasteiger partial charge < -0.3 is 19.4 Å². The van der Waals surface area contributed by atoms with Crippen LogP contribution in [0.2, 0.25) is 0 Å². The number of benzene rings is 1. The molecular weight excluding hydrogens is 266 g/mol. The number of aromatic nitrogens is 2. The largest absolute Gasteiger partial charge is 0.497 e. The molecule has 2 aromatic rings. The number of imidazole rings is 1. The summed E-state index contributed by atoms with van der Waals surface area (Å²) in [7, 11) is 3.35. The van der Waals surface area contributed by atoms with Gasteiger partial charge in [0, 0.05) is 23.9 Å². The fourth-order valence-corrected chi connectivity index (χ4v) is 2.86. The van der Waals surface area contributed by atoms with Gasteiger partial charge in [-0.2, -0.15) is 0 Å². The molecule has 0 unspecified atom stereocenters. The second kappa shape index (κ2) is 6.18. The maximum Gasteiger partial charge on any atom is 0.127 e. The summed E-state index contributed by atoms with van der Waals surface area (Å²) < 4.78 is 12.9. The van der Waals surface area contributed by atoms with Crippen LogP contribution in [0.1, 0.15) is 30.1 Å². The lowest BCUT2D eigenvalue weighted by atomic mass is 10.1. The average Bonchev–Trinajstić information content (AvgIpc) is 3.18. The van der Waals surface area contributed by atoms with Gasteiger partial charge in [0.25, 0.3) is 0 Å². The van der Waals surface area contributed by atoms with Crippen molar-refractivity contribution in [1.29, 1.82) is 0 Å². The van der Waals surface area contributed by atoms with Crippen molar-refractivity contribution in [3.05, 3.63) is 42.0 Å². The van der Waals surface area contributed by atoms with Crippen molar-refractivity contribution in [2.24, 2.45) is 0 Å².